The number of aryl methyl sites for hydroxylation is 1. The van der Waals surface area contributed by atoms with Gasteiger partial charge < -0.3 is 10.1 Å². The van der Waals surface area contributed by atoms with Crippen molar-refractivity contribution in [2.45, 2.75) is 17.7 Å². The van der Waals surface area contributed by atoms with Gasteiger partial charge in [0.1, 0.15) is 5.82 Å². The highest BCUT2D eigenvalue weighted by atomic mass is 32.2. The molecule has 1 heterocycles. The summed E-state index contributed by atoms with van der Waals surface area (Å²) in [6, 6.07) is 5.08. The molecule has 0 aliphatic carbocycles. The number of benzene rings is 1. The first kappa shape index (κ1) is 15.2. The standard InChI is InChI=1S/C13H15N3O4S/c17-13(18)10-3-5-11(6-4-10)21(19,20)16-7-1-2-12-14-8-9-15-12/h3-6,8-9,16H,1-2,7H2,(H,14,15)(H,17,18). The Morgan fingerprint density at radius 1 is 1.29 bits per heavy atom. The first-order valence-corrected chi connectivity index (χ1v) is 7.78. The number of aromatic carboxylic acids is 1. The Labute approximate surface area is 122 Å². The lowest BCUT2D eigenvalue weighted by atomic mass is 10.2. The molecule has 0 unspecified atom stereocenters. The number of carbonyl (C=O) groups is 1. The summed E-state index contributed by atoms with van der Waals surface area (Å²) in [6.45, 7) is 0.281. The normalized spacial score (nSPS) is 11.4. The van der Waals surface area contributed by atoms with E-state index in [1.165, 1.54) is 24.3 Å². The van der Waals surface area contributed by atoms with Gasteiger partial charge in [0.15, 0.2) is 0 Å². The van der Waals surface area contributed by atoms with E-state index in [1.807, 2.05) is 0 Å². The lowest BCUT2D eigenvalue weighted by Gasteiger charge is -2.06. The van der Waals surface area contributed by atoms with Crippen LogP contribution in [0, 0.1) is 0 Å². The van der Waals surface area contributed by atoms with Crippen molar-refractivity contribution in [1.29, 1.82) is 0 Å². The fourth-order valence-corrected chi connectivity index (χ4v) is 2.83. The zero-order valence-corrected chi connectivity index (χ0v) is 11.9. The number of aromatic amines is 1. The van der Waals surface area contributed by atoms with Gasteiger partial charge in [0.05, 0.1) is 10.5 Å². The molecular formula is C13H15N3O4S. The topological polar surface area (TPSA) is 112 Å². The molecule has 2 aromatic rings. The largest absolute Gasteiger partial charge is 0.478 e. The van der Waals surface area contributed by atoms with E-state index in [-0.39, 0.29) is 17.0 Å². The summed E-state index contributed by atoms with van der Waals surface area (Å²) >= 11 is 0. The molecule has 1 aromatic carbocycles. The monoisotopic (exact) mass is 309 g/mol. The third-order valence-electron chi connectivity index (χ3n) is 2.85. The van der Waals surface area contributed by atoms with Crippen LogP contribution in [0.4, 0.5) is 0 Å². The van der Waals surface area contributed by atoms with Gasteiger partial charge in [-0.25, -0.2) is 22.9 Å². The van der Waals surface area contributed by atoms with Gasteiger partial charge in [0, 0.05) is 25.4 Å². The molecule has 0 atom stereocenters. The molecule has 2 rings (SSSR count). The average molecular weight is 309 g/mol. The lowest BCUT2D eigenvalue weighted by molar-refractivity contribution is 0.0696. The number of rotatable bonds is 7. The first-order chi connectivity index (χ1) is 9.99. The smallest absolute Gasteiger partial charge is 0.335 e. The van der Waals surface area contributed by atoms with E-state index < -0.39 is 16.0 Å². The van der Waals surface area contributed by atoms with Gasteiger partial charge in [-0.2, -0.15) is 0 Å². The Balaban J connectivity index is 1.90. The molecule has 3 N–H and O–H groups in total. The van der Waals surface area contributed by atoms with Crippen LogP contribution in [0.5, 0.6) is 0 Å². The van der Waals surface area contributed by atoms with E-state index in [0.29, 0.717) is 12.8 Å². The van der Waals surface area contributed by atoms with E-state index in [1.54, 1.807) is 12.4 Å². The van der Waals surface area contributed by atoms with Crippen molar-refractivity contribution in [3.05, 3.63) is 48.0 Å². The Morgan fingerprint density at radius 2 is 2.00 bits per heavy atom. The van der Waals surface area contributed by atoms with Crippen LogP contribution in [0.1, 0.15) is 22.6 Å². The molecule has 0 amide bonds. The summed E-state index contributed by atoms with van der Waals surface area (Å²) < 4.78 is 26.5. The van der Waals surface area contributed by atoms with Crippen molar-refractivity contribution in [2.24, 2.45) is 0 Å². The van der Waals surface area contributed by atoms with E-state index in [2.05, 4.69) is 14.7 Å². The fourth-order valence-electron chi connectivity index (χ4n) is 1.76. The molecule has 0 aliphatic rings. The van der Waals surface area contributed by atoms with E-state index in [9.17, 15) is 13.2 Å². The van der Waals surface area contributed by atoms with Gasteiger partial charge in [-0.1, -0.05) is 0 Å². The second kappa shape index (κ2) is 6.51. The van der Waals surface area contributed by atoms with Crippen molar-refractivity contribution in [3.8, 4) is 0 Å². The Morgan fingerprint density at radius 3 is 2.57 bits per heavy atom. The number of hydrogen-bond donors (Lipinski definition) is 3. The Kier molecular flexibility index (Phi) is 4.71. The number of carboxylic acid groups (broad SMARTS) is 1. The summed E-state index contributed by atoms with van der Waals surface area (Å²) in [5.41, 5.74) is 0.0479. The second-order valence-electron chi connectivity index (χ2n) is 4.37. The number of aromatic nitrogens is 2. The van der Waals surface area contributed by atoms with Crippen molar-refractivity contribution in [2.75, 3.05) is 6.54 Å². The number of H-pyrrole nitrogens is 1. The number of hydrogen-bond acceptors (Lipinski definition) is 4. The van der Waals surface area contributed by atoms with Gasteiger partial charge >= 0.3 is 5.97 Å². The molecule has 8 heteroatoms. The summed E-state index contributed by atoms with van der Waals surface area (Å²) in [6.07, 6.45) is 4.61. The van der Waals surface area contributed by atoms with E-state index in [4.69, 9.17) is 5.11 Å². The maximum atomic E-state index is 12.0. The van der Waals surface area contributed by atoms with E-state index in [0.717, 1.165) is 5.82 Å². The first-order valence-electron chi connectivity index (χ1n) is 6.30. The van der Waals surface area contributed by atoms with Crippen molar-refractivity contribution >= 4 is 16.0 Å². The Hall–Kier alpha value is -2.19. The molecular weight excluding hydrogens is 294 g/mol. The minimum Gasteiger partial charge on any atom is -0.478 e. The maximum absolute atomic E-state index is 12.0. The van der Waals surface area contributed by atoms with E-state index >= 15 is 0 Å². The van der Waals surface area contributed by atoms with Gasteiger partial charge in [-0.3, -0.25) is 0 Å². The summed E-state index contributed by atoms with van der Waals surface area (Å²) in [7, 11) is -3.62. The van der Waals surface area contributed by atoms with Crippen LogP contribution in [0.3, 0.4) is 0 Å². The van der Waals surface area contributed by atoms with Crippen molar-refractivity contribution in [3.63, 3.8) is 0 Å². The number of nitrogens with zero attached hydrogens (tertiary/aromatic N) is 1. The number of imidazole rings is 1. The van der Waals surface area contributed by atoms with Crippen LogP contribution >= 0.6 is 0 Å². The van der Waals surface area contributed by atoms with Gasteiger partial charge in [-0.05, 0) is 30.7 Å². The van der Waals surface area contributed by atoms with Crippen LogP contribution < -0.4 is 4.72 Å². The zero-order valence-electron chi connectivity index (χ0n) is 11.1. The van der Waals surface area contributed by atoms with Crippen LogP contribution in [0.2, 0.25) is 0 Å². The third-order valence-corrected chi connectivity index (χ3v) is 4.33. The fraction of sp³-hybridized carbons (Fsp3) is 0.231. The summed E-state index contributed by atoms with van der Waals surface area (Å²) in [4.78, 5) is 17.7. The second-order valence-corrected chi connectivity index (χ2v) is 6.13. The maximum Gasteiger partial charge on any atom is 0.335 e. The van der Waals surface area contributed by atoms with Gasteiger partial charge in [-0.15, -0.1) is 0 Å². The molecule has 0 fully saturated rings. The highest BCUT2D eigenvalue weighted by Gasteiger charge is 2.14. The highest BCUT2D eigenvalue weighted by Crippen LogP contribution is 2.10. The van der Waals surface area contributed by atoms with Gasteiger partial charge in [0.25, 0.3) is 0 Å². The predicted octanol–water partition coefficient (Wildman–Crippen LogP) is 1.02. The lowest BCUT2D eigenvalue weighted by Crippen LogP contribution is -2.25. The Bertz CT molecular complexity index is 694. The van der Waals surface area contributed by atoms with Crippen LogP contribution in [0.25, 0.3) is 0 Å². The predicted molar refractivity (Wildman–Crippen MR) is 75.5 cm³/mol. The molecule has 112 valence electrons. The summed E-state index contributed by atoms with van der Waals surface area (Å²) in [5, 5.41) is 8.77. The number of nitrogens with one attached hydrogen (secondary N) is 2. The molecule has 1 aromatic heterocycles. The molecule has 7 nitrogen and oxygen atoms in total. The quantitative estimate of drug-likeness (QED) is 0.661. The average Bonchev–Trinajstić information content (AvgIpc) is 2.97. The molecule has 0 aliphatic heterocycles. The van der Waals surface area contributed by atoms with Crippen LogP contribution in [-0.2, 0) is 16.4 Å². The minimum absolute atomic E-state index is 0.0468. The van der Waals surface area contributed by atoms with Crippen LogP contribution in [0.15, 0.2) is 41.6 Å². The number of sulfonamides is 1. The summed E-state index contributed by atoms with van der Waals surface area (Å²) in [5.74, 6) is -0.287. The van der Waals surface area contributed by atoms with Gasteiger partial charge in [0.2, 0.25) is 10.0 Å². The molecule has 0 spiro atoms. The highest BCUT2D eigenvalue weighted by molar-refractivity contribution is 7.89. The minimum atomic E-state index is -3.62. The van der Waals surface area contributed by atoms with Crippen molar-refractivity contribution < 1.29 is 18.3 Å². The molecule has 0 saturated carbocycles. The third kappa shape index (κ3) is 4.14. The van der Waals surface area contributed by atoms with Crippen molar-refractivity contribution in [1.82, 2.24) is 14.7 Å². The zero-order chi connectivity index (χ0) is 15.3. The SMILES string of the molecule is O=C(O)c1ccc(S(=O)(=O)NCCCc2ncc[nH]2)cc1. The molecule has 0 radical (unpaired) electrons. The molecule has 0 bridgehead atoms. The molecule has 21 heavy (non-hydrogen) atoms. The number of carboxylic acids is 1. The van der Waals surface area contributed by atoms with Crippen LogP contribution in [-0.4, -0.2) is 36.0 Å². The molecule has 0 saturated heterocycles.